The lowest BCUT2D eigenvalue weighted by Crippen LogP contribution is -2.46. The molecule has 25 heavy (non-hydrogen) atoms. The predicted molar refractivity (Wildman–Crippen MR) is 98.2 cm³/mol. The van der Waals surface area contributed by atoms with Crippen molar-refractivity contribution in [3.63, 3.8) is 0 Å². The molecule has 2 N–H and O–H groups in total. The molecule has 6 heteroatoms. The third-order valence-corrected chi connectivity index (χ3v) is 3.76. The van der Waals surface area contributed by atoms with Crippen LogP contribution in [0.2, 0.25) is 0 Å². The Kier molecular flexibility index (Phi) is 8.81. The molecule has 0 aromatic heterocycles. The number of methoxy groups -OCH3 is 1. The molecule has 0 aliphatic heterocycles. The lowest BCUT2D eigenvalue weighted by atomic mass is 10.0. The normalized spacial score (nSPS) is 11.8. The highest BCUT2D eigenvalue weighted by molar-refractivity contribution is 5.98. The van der Waals surface area contributed by atoms with E-state index in [4.69, 9.17) is 9.47 Å². The number of carbonyl (C=O) groups excluding carboxylic acids is 2. The molecular weight excluding hydrogens is 320 g/mol. The van der Waals surface area contributed by atoms with Crippen LogP contribution in [0.3, 0.4) is 0 Å². The number of carbonyl (C=O) groups is 2. The van der Waals surface area contributed by atoms with E-state index < -0.39 is 6.04 Å². The molecule has 1 aromatic rings. The van der Waals surface area contributed by atoms with Crippen molar-refractivity contribution in [1.82, 2.24) is 10.6 Å². The first-order valence-corrected chi connectivity index (χ1v) is 8.76. The summed E-state index contributed by atoms with van der Waals surface area (Å²) in [6.07, 6.45) is 2.56. The fourth-order valence-corrected chi connectivity index (χ4v) is 2.37. The molecule has 0 bridgehead atoms. The zero-order chi connectivity index (χ0) is 18.8. The first-order chi connectivity index (χ1) is 11.9. The fraction of sp³-hybridized carbons (Fsp3) is 0.579. The van der Waals surface area contributed by atoms with E-state index in [0.29, 0.717) is 30.1 Å². The highest BCUT2D eigenvalue weighted by Crippen LogP contribution is 2.28. The molecule has 1 atom stereocenters. The van der Waals surface area contributed by atoms with E-state index in [-0.39, 0.29) is 17.7 Å². The van der Waals surface area contributed by atoms with Crippen molar-refractivity contribution in [3.8, 4) is 11.5 Å². The van der Waals surface area contributed by atoms with Crippen molar-refractivity contribution >= 4 is 11.8 Å². The quantitative estimate of drug-likeness (QED) is 0.636. The summed E-state index contributed by atoms with van der Waals surface area (Å²) < 4.78 is 11.0. The summed E-state index contributed by atoms with van der Waals surface area (Å²) in [5, 5.41) is 5.38. The van der Waals surface area contributed by atoms with Crippen LogP contribution in [0, 0.1) is 5.92 Å². The summed E-state index contributed by atoms with van der Waals surface area (Å²) in [6, 6.07) is 4.47. The first kappa shape index (κ1) is 20.8. The topological polar surface area (TPSA) is 76.7 Å². The van der Waals surface area contributed by atoms with E-state index >= 15 is 0 Å². The monoisotopic (exact) mass is 350 g/mol. The number of unbranched alkanes of at least 4 members (excludes halogenated alkanes) is 1. The van der Waals surface area contributed by atoms with Crippen LogP contribution in [0.1, 0.15) is 50.4 Å². The van der Waals surface area contributed by atoms with Gasteiger partial charge in [-0.3, -0.25) is 9.59 Å². The smallest absolute Gasteiger partial charge is 0.252 e. The SMILES string of the molecule is CCCCOc1ccc(C(=O)NC(CC(C)C)C(=O)NC)cc1OC. The molecule has 1 aromatic carbocycles. The second-order valence-corrected chi connectivity index (χ2v) is 6.34. The Labute approximate surface area is 150 Å². The predicted octanol–water partition coefficient (Wildman–Crippen LogP) is 2.76. The van der Waals surface area contributed by atoms with Crippen LogP contribution in [-0.2, 0) is 4.79 Å². The maximum Gasteiger partial charge on any atom is 0.252 e. The lowest BCUT2D eigenvalue weighted by Gasteiger charge is -2.19. The Morgan fingerprint density at radius 3 is 2.48 bits per heavy atom. The summed E-state index contributed by atoms with van der Waals surface area (Å²) in [6.45, 7) is 6.71. The second-order valence-electron chi connectivity index (χ2n) is 6.34. The molecule has 0 heterocycles. The number of hydrogen-bond donors (Lipinski definition) is 2. The van der Waals surface area contributed by atoms with E-state index in [1.54, 1.807) is 25.2 Å². The molecule has 6 nitrogen and oxygen atoms in total. The van der Waals surface area contributed by atoms with Crippen LogP contribution in [0.5, 0.6) is 11.5 Å². The number of rotatable bonds is 10. The molecule has 1 rings (SSSR count). The van der Waals surface area contributed by atoms with E-state index in [1.807, 2.05) is 13.8 Å². The van der Waals surface area contributed by atoms with Gasteiger partial charge >= 0.3 is 0 Å². The highest BCUT2D eigenvalue weighted by atomic mass is 16.5. The molecule has 0 saturated heterocycles. The number of nitrogens with one attached hydrogen (secondary N) is 2. The van der Waals surface area contributed by atoms with Gasteiger partial charge in [-0.15, -0.1) is 0 Å². The van der Waals surface area contributed by atoms with E-state index in [2.05, 4.69) is 17.6 Å². The molecule has 0 saturated carbocycles. The molecule has 1 unspecified atom stereocenters. The van der Waals surface area contributed by atoms with Crippen LogP contribution in [0.25, 0.3) is 0 Å². The maximum absolute atomic E-state index is 12.5. The van der Waals surface area contributed by atoms with Gasteiger partial charge in [0.2, 0.25) is 5.91 Å². The molecule has 0 aliphatic carbocycles. The molecule has 0 spiro atoms. The highest BCUT2D eigenvalue weighted by Gasteiger charge is 2.22. The molecule has 0 radical (unpaired) electrons. The van der Waals surface area contributed by atoms with Crippen LogP contribution in [0.4, 0.5) is 0 Å². The van der Waals surface area contributed by atoms with Crippen LogP contribution >= 0.6 is 0 Å². The molecular formula is C19H30N2O4. The van der Waals surface area contributed by atoms with Gasteiger partial charge in [0.1, 0.15) is 6.04 Å². The minimum absolute atomic E-state index is 0.200. The van der Waals surface area contributed by atoms with E-state index in [9.17, 15) is 9.59 Å². The van der Waals surface area contributed by atoms with Crippen molar-refractivity contribution in [2.75, 3.05) is 20.8 Å². The van der Waals surface area contributed by atoms with Gasteiger partial charge in [-0.05, 0) is 37.0 Å². The number of amides is 2. The third kappa shape index (κ3) is 6.64. The Bertz CT molecular complexity index is 573. The average Bonchev–Trinajstić information content (AvgIpc) is 2.60. The summed E-state index contributed by atoms with van der Waals surface area (Å²) in [5.41, 5.74) is 0.428. The van der Waals surface area contributed by atoms with Gasteiger partial charge in [0, 0.05) is 12.6 Å². The van der Waals surface area contributed by atoms with Gasteiger partial charge in [0.05, 0.1) is 13.7 Å². The maximum atomic E-state index is 12.5. The molecule has 140 valence electrons. The summed E-state index contributed by atoms with van der Waals surface area (Å²) in [5.74, 6) is 0.884. The van der Waals surface area contributed by atoms with Gasteiger partial charge in [0.25, 0.3) is 5.91 Å². The molecule has 2 amide bonds. The fourth-order valence-electron chi connectivity index (χ4n) is 2.37. The number of hydrogen-bond acceptors (Lipinski definition) is 4. The zero-order valence-electron chi connectivity index (χ0n) is 15.8. The minimum Gasteiger partial charge on any atom is -0.493 e. The summed E-state index contributed by atoms with van der Waals surface area (Å²) in [4.78, 5) is 24.5. The Morgan fingerprint density at radius 1 is 1.20 bits per heavy atom. The van der Waals surface area contributed by atoms with Gasteiger partial charge in [-0.2, -0.15) is 0 Å². The Morgan fingerprint density at radius 2 is 1.92 bits per heavy atom. The molecule has 0 fully saturated rings. The summed E-state index contributed by atoms with van der Waals surface area (Å²) >= 11 is 0. The van der Waals surface area contributed by atoms with Crippen LogP contribution < -0.4 is 20.1 Å². The summed E-state index contributed by atoms with van der Waals surface area (Å²) in [7, 11) is 3.10. The van der Waals surface area contributed by atoms with Gasteiger partial charge in [-0.1, -0.05) is 27.2 Å². The van der Waals surface area contributed by atoms with Crippen molar-refractivity contribution < 1.29 is 19.1 Å². The average molecular weight is 350 g/mol. The number of benzene rings is 1. The number of ether oxygens (including phenoxy) is 2. The third-order valence-electron chi connectivity index (χ3n) is 3.76. The second kappa shape index (κ2) is 10.6. The zero-order valence-corrected chi connectivity index (χ0v) is 15.8. The largest absolute Gasteiger partial charge is 0.493 e. The van der Waals surface area contributed by atoms with E-state index in [0.717, 1.165) is 12.8 Å². The Hall–Kier alpha value is -2.24. The van der Waals surface area contributed by atoms with Crippen molar-refractivity contribution in [1.29, 1.82) is 0 Å². The number of likely N-dealkylation sites (N-methyl/N-ethyl adjacent to an activating group) is 1. The first-order valence-electron chi connectivity index (χ1n) is 8.76. The van der Waals surface area contributed by atoms with Gasteiger partial charge in [0.15, 0.2) is 11.5 Å². The van der Waals surface area contributed by atoms with Crippen molar-refractivity contribution in [2.24, 2.45) is 5.92 Å². The van der Waals surface area contributed by atoms with Gasteiger partial charge in [-0.25, -0.2) is 0 Å². The minimum atomic E-state index is -0.566. The Balaban J connectivity index is 2.87. The van der Waals surface area contributed by atoms with Gasteiger partial charge < -0.3 is 20.1 Å². The molecule has 0 aliphatic rings. The standard InChI is InChI=1S/C19H30N2O4/c1-6-7-10-25-16-9-8-14(12-17(16)24-5)18(22)21-15(11-13(2)3)19(23)20-4/h8-9,12-13,15H,6-7,10-11H2,1-5H3,(H,20,23)(H,21,22). The van der Waals surface area contributed by atoms with Crippen molar-refractivity contribution in [3.05, 3.63) is 23.8 Å². The van der Waals surface area contributed by atoms with Crippen LogP contribution in [0.15, 0.2) is 18.2 Å². The van der Waals surface area contributed by atoms with Crippen LogP contribution in [-0.4, -0.2) is 38.6 Å². The lowest BCUT2D eigenvalue weighted by molar-refractivity contribution is -0.122. The van der Waals surface area contributed by atoms with Crippen molar-refractivity contribution in [2.45, 2.75) is 46.1 Å². The van der Waals surface area contributed by atoms with E-state index in [1.165, 1.54) is 7.11 Å².